The molecule has 0 saturated carbocycles. The Kier molecular flexibility index (Phi) is 2.91. The van der Waals surface area contributed by atoms with E-state index in [1.165, 1.54) is 38.5 Å². The van der Waals surface area contributed by atoms with E-state index in [9.17, 15) is 0 Å². The smallest absolute Gasteiger partial charge is 0.215 e. The molecule has 0 bridgehead atoms. The number of rotatable bonds is 1. The van der Waals surface area contributed by atoms with E-state index in [4.69, 9.17) is 4.98 Å². The van der Waals surface area contributed by atoms with Gasteiger partial charge >= 0.3 is 0 Å². The number of nitrogens with zero attached hydrogens (tertiary/aromatic N) is 4. The van der Waals surface area contributed by atoms with Crippen LogP contribution < -0.4 is 0 Å². The zero-order chi connectivity index (χ0) is 19.8. The summed E-state index contributed by atoms with van der Waals surface area (Å²) < 4.78 is 6.83. The minimum atomic E-state index is 0.967. The molecular formula is C26H18N4. The molecule has 0 amide bonds. The highest BCUT2D eigenvalue weighted by Crippen LogP contribution is 2.36. The fraction of sp³-hybridized carbons (Fsp3) is 0.0385. The SMILES string of the molecule is Cn1c2cc3c(cc2n2c4ccccc4nc12)c1ccccc1n3-c1ccccc1. The minimum absolute atomic E-state index is 0.967. The van der Waals surface area contributed by atoms with E-state index in [0.29, 0.717) is 0 Å². The van der Waals surface area contributed by atoms with Gasteiger partial charge in [-0.05, 0) is 42.5 Å². The first-order chi connectivity index (χ1) is 14.8. The zero-order valence-electron chi connectivity index (χ0n) is 16.4. The Morgan fingerprint density at radius 3 is 2.20 bits per heavy atom. The Balaban J connectivity index is 1.72. The quantitative estimate of drug-likeness (QED) is 0.336. The maximum Gasteiger partial charge on any atom is 0.215 e. The molecule has 0 radical (unpaired) electrons. The van der Waals surface area contributed by atoms with E-state index in [1.807, 2.05) is 6.07 Å². The van der Waals surface area contributed by atoms with Crippen LogP contribution in [0.5, 0.6) is 0 Å². The van der Waals surface area contributed by atoms with Crippen molar-refractivity contribution in [3.05, 3.63) is 91.0 Å². The molecule has 3 aromatic heterocycles. The Labute approximate surface area is 172 Å². The molecule has 0 fully saturated rings. The summed E-state index contributed by atoms with van der Waals surface area (Å²) in [4.78, 5) is 4.89. The first-order valence-corrected chi connectivity index (χ1v) is 10.2. The number of hydrogen-bond donors (Lipinski definition) is 0. The second-order valence-electron chi connectivity index (χ2n) is 7.84. The maximum absolute atomic E-state index is 4.89. The summed E-state index contributed by atoms with van der Waals surface area (Å²) in [5.74, 6) is 0.967. The van der Waals surface area contributed by atoms with Crippen LogP contribution in [0.4, 0.5) is 0 Å². The summed E-state index contributed by atoms with van der Waals surface area (Å²) in [6.07, 6.45) is 0. The van der Waals surface area contributed by atoms with Gasteiger partial charge in [0.15, 0.2) is 0 Å². The van der Waals surface area contributed by atoms with Crippen LogP contribution in [-0.2, 0) is 7.05 Å². The van der Waals surface area contributed by atoms with Gasteiger partial charge in [-0.2, -0.15) is 0 Å². The summed E-state index contributed by atoms with van der Waals surface area (Å²) >= 11 is 0. The molecule has 4 heteroatoms. The van der Waals surface area contributed by atoms with Crippen LogP contribution in [-0.4, -0.2) is 18.5 Å². The average molecular weight is 386 g/mol. The van der Waals surface area contributed by atoms with Gasteiger partial charge in [0.1, 0.15) is 0 Å². The molecule has 0 aliphatic heterocycles. The molecule has 7 rings (SSSR count). The number of aromatic nitrogens is 4. The molecule has 0 unspecified atom stereocenters. The van der Waals surface area contributed by atoms with E-state index in [0.717, 1.165) is 16.8 Å². The maximum atomic E-state index is 4.89. The molecular weight excluding hydrogens is 368 g/mol. The highest BCUT2D eigenvalue weighted by molar-refractivity contribution is 6.13. The van der Waals surface area contributed by atoms with Crippen molar-refractivity contribution in [2.24, 2.45) is 7.05 Å². The lowest BCUT2D eigenvalue weighted by Gasteiger charge is -2.07. The molecule has 30 heavy (non-hydrogen) atoms. The Morgan fingerprint density at radius 1 is 0.600 bits per heavy atom. The fourth-order valence-corrected chi connectivity index (χ4v) is 4.88. The van der Waals surface area contributed by atoms with Gasteiger partial charge in [-0.1, -0.05) is 48.5 Å². The molecule has 0 aliphatic rings. The monoisotopic (exact) mass is 386 g/mol. The van der Waals surface area contributed by atoms with Crippen molar-refractivity contribution < 1.29 is 0 Å². The van der Waals surface area contributed by atoms with Crippen LogP contribution in [0.15, 0.2) is 91.0 Å². The van der Waals surface area contributed by atoms with Gasteiger partial charge in [-0.3, -0.25) is 4.40 Å². The van der Waals surface area contributed by atoms with E-state index in [2.05, 4.69) is 106 Å². The molecule has 0 spiro atoms. The fourth-order valence-electron chi connectivity index (χ4n) is 4.88. The largest absolute Gasteiger partial charge is 0.313 e. The number of hydrogen-bond acceptors (Lipinski definition) is 1. The third-order valence-electron chi connectivity index (χ3n) is 6.23. The standard InChI is InChI=1S/C26H18N4/c1-28-24-16-23-19(15-25(24)30-22-14-8-6-12-20(22)27-26(28)30)18-11-5-7-13-21(18)29(23)17-9-3-2-4-10-17/h2-16H,1H3. The molecule has 0 N–H and O–H groups in total. The molecule has 7 aromatic rings. The molecule has 0 aliphatic carbocycles. The van der Waals surface area contributed by atoms with Gasteiger partial charge in [-0.15, -0.1) is 0 Å². The number of fused-ring (bicyclic) bond motifs is 8. The third-order valence-corrected chi connectivity index (χ3v) is 6.23. The van der Waals surface area contributed by atoms with Crippen LogP contribution in [0.25, 0.3) is 55.3 Å². The normalized spacial score (nSPS) is 12.2. The van der Waals surface area contributed by atoms with Crippen molar-refractivity contribution in [2.75, 3.05) is 0 Å². The summed E-state index contributed by atoms with van der Waals surface area (Å²) in [5, 5.41) is 2.52. The van der Waals surface area contributed by atoms with E-state index in [1.54, 1.807) is 0 Å². The second kappa shape index (κ2) is 5.51. The Morgan fingerprint density at radius 2 is 1.33 bits per heavy atom. The predicted molar refractivity (Wildman–Crippen MR) is 124 cm³/mol. The minimum Gasteiger partial charge on any atom is -0.313 e. The first kappa shape index (κ1) is 15.8. The van der Waals surface area contributed by atoms with Gasteiger partial charge in [0, 0.05) is 23.5 Å². The van der Waals surface area contributed by atoms with Gasteiger partial charge in [0.25, 0.3) is 0 Å². The summed E-state index contributed by atoms with van der Waals surface area (Å²) in [5.41, 5.74) is 8.14. The molecule has 0 atom stereocenters. The average Bonchev–Trinajstić information content (AvgIpc) is 3.41. The van der Waals surface area contributed by atoms with Crippen LogP contribution in [0.2, 0.25) is 0 Å². The van der Waals surface area contributed by atoms with Crippen molar-refractivity contribution >= 4 is 49.7 Å². The van der Waals surface area contributed by atoms with E-state index < -0.39 is 0 Å². The van der Waals surface area contributed by atoms with Crippen molar-refractivity contribution in [3.8, 4) is 5.69 Å². The molecule has 3 heterocycles. The molecule has 4 aromatic carbocycles. The van der Waals surface area contributed by atoms with Gasteiger partial charge in [-0.25, -0.2) is 4.98 Å². The lowest BCUT2D eigenvalue weighted by molar-refractivity contribution is 0.973. The second-order valence-corrected chi connectivity index (χ2v) is 7.84. The highest BCUT2D eigenvalue weighted by atomic mass is 15.2. The van der Waals surface area contributed by atoms with E-state index in [-0.39, 0.29) is 0 Å². The topological polar surface area (TPSA) is 27.2 Å². The van der Waals surface area contributed by atoms with Crippen LogP contribution >= 0.6 is 0 Å². The van der Waals surface area contributed by atoms with Crippen LogP contribution in [0.1, 0.15) is 0 Å². The van der Waals surface area contributed by atoms with Gasteiger partial charge < -0.3 is 9.13 Å². The Bertz CT molecular complexity index is 1750. The van der Waals surface area contributed by atoms with Gasteiger partial charge in [0.2, 0.25) is 5.78 Å². The number of para-hydroxylation sites is 4. The predicted octanol–water partition coefficient (Wildman–Crippen LogP) is 6.08. The number of benzene rings is 4. The number of imidazole rings is 2. The first-order valence-electron chi connectivity index (χ1n) is 10.2. The van der Waals surface area contributed by atoms with E-state index >= 15 is 0 Å². The van der Waals surface area contributed by atoms with Crippen LogP contribution in [0, 0.1) is 0 Å². The highest BCUT2D eigenvalue weighted by Gasteiger charge is 2.18. The Hall–Kier alpha value is -4.05. The van der Waals surface area contributed by atoms with Crippen molar-refractivity contribution in [3.63, 3.8) is 0 Å². The molecule has 4 nitrogen and oxygen atoms in total. The molecule has 0 saturated heterocycles. The zero-order valence-corrected chi connectivity index (χ0v) is 16.4. The molecule has 142 valence electrons. The van der Waals surface area contributed by atoms with Crippen molar-refractivity contribution in [2.45, 2.75) is 0 Å². The number of aryl methyl sites for hydroxylation is 1. The third kappa shape index (κ3) is 1.88. The summed E-state index contributed by atoms with van der Waals surface area (Å²) in [7, 11) is 2.10. The van der Waals surface area contributed by atoms with Gasteiger partial charge in [0.05, 0.1) is 33.1 Å². The lowest BCUT2D eigenvalue weighted by atomic mass is 10.1. The van der Waals surface area contributed by atoms with Crippen molar-refractivity contribution in [1.82, 2.24) is 18.5 Å². The van der Waals surface area contributed by atoms with Crippen molar-refractivity contribution in [1.29, 1.82) is 0 Å². The summed E-state index contributed by atoms with van der Waals surface area (Å²) in [6.45, 7) is 0. The lowest BCUT2D eigenvalue weighted by Crippen LogP contribution is -1.94. The summed E-state index contributed by atoms with van der Waals surface area (Å²) in [6, 6.07) is 32.2. The van der Waals surface area contributed by atoms with Crippen LogP contribution in [0.3, 0.4) is 0 Å².